The van der Waals surface area contributed by atoms with Crippen molar-refractivity contribution in [2.75, 3.05) is 16.8 Å². The van der Waals surface area contributed by atoms with Crippen LogP contribution in [0.4, 0.5) is 21.0 Å². The molecule has 1 atom stereocenters. The highest BCUT2D eigenvalue weighted by Crippen LogP contribution is 2.28. The Morgan fingerprint density at radius 2 is 2.00 bits per heavy atom. The molecule has 0 bridgehead atoms. The first kappa shape index (κ1) is 19.9. The quantitative estimate of drug-likeness (QED) is 0.773. The molecule has 1 saturated heterocycles. The number of benzene rings is 1. The summed E-state index contributed by atoms with van der Waals surface area (Å²) in [4.78, 5) is 21.5. The fourth-order valence-electron chi connectivity index (χ4n) is 2.92. The maximum Gasteiger partial charge on any atom is 0.416 e. The minimum absolute atomic E-state index is 0.0700. The minimum Gasteiger partial charge on any atom is -0.491 e. The van der Waals surface area contributed by atoms with Crippen LogP contribution in [0.2, 0.25) is 0 Å². The number of carbonyl (C=O) groups excluding carboxylic acids is 1. The molecule has 2 heterocycles. The molecule has 1 aliphatic rings. The van der Waals surface area contributed by atoms with E-state index in [0.717, 1.165) is 17.5 Å². The number of anilines is 2. The van der Waals surface area contributed by atoms with Crippen molar-refractivity contribution in [1.82, 2.24) is 9.97 Å². The molecule has 150 valence electrons. The first-order chi connectivity index (χ1) is 13.3. The zero-order valence-electron chi connectivity index (χ0n) is 16.5. The van der Waals surface area contributed by atoms with Crippen molar-refractivity contribution < 1.29 is 18.7 Å². The summed E-state index contributed by atoms with van der Waals surface area (Å²) in [6, 6.07) is 7.38. The molecule has 3 rings (SSSR count). The smallest absolute Gasteiger partial charge is 0.416 e. The van der Waals surface area contributed by atoms with Gasteiger partial charge in [-0.1, -0.05) is 26.0 Å². The second-order valence-corrected chi connectivity index (χ2v) is 7.29. The van der Waals surface area contributed by atoms with Crippen LogP contribution >= 0.6 is 0 Å². The number of nitrogens with zero attached hydrogens (tertiary/aromatic N) is 3. The van der Waals surface area contributed by atoms with Crippen molar-refractivity contribution in [2.45, 2.75) is 46.4 Å². The summed E-state index contributed by atoms with van der Waals surface area (Å²) in [7, 11) is 0. The van der Waals surface area contributed by atoms with E-state index in [1.54, 1.807) is 0 Å². The molecule has 1 unspecified atom stereocenters. The average Bonchev–Trinajstić information content (AvgIpc) is 3.03. The van der Waals surface area contributed by atoms with Gasteiger partial charge in [0.1, 0.15) is 12.4 Å². The molecule has 1 N–H and O–H groups in total. The number of cyclic esters (lactones) is 1. The van der Waals surface area contributed by atoms with Crippen molar-refractivity contribution in [3.05, 3.63) is 41.8 Å². The van der Waals surface area contributed by atoms with Gasteiger partial charge >= 0.3 is 6.09 Å². The van der Waals surface area contributed by atoms with E-state index >= 15 is 0 Å². The summed E-state index contributed by atoms with van der Waals surface area (Å²) in [5, 5.41) is 3.06. The predicted molar refractivity (Wildman–Crippen MR) is 104 cm³/mol. The van der Waals surface area contributed by atoms with E-state index in [0.29, 0.717) is 6.54 Å². The Morgan fingerprint density at radius 1 is 1.29 bits per heavy atom. The molecular formula is C20H25FN4O3. The standard InChI is InChI=1S/C20H25FN4O3/c1-12(2)17-11-27-20(26)25(17)18-16(21)10-23-19(24-18)22-9-14-5-7-15(8-6-14)28-13(3)4/h5-8,10,12-13,17H,9,11H2,1-4H3,(H,22,23,24). The molecule has 0 spiro atoms. The van der Waals surface area contributed by atoms with Gasteiger partial charge in [0.25, 0.3) is 0 Å². The van der Waals surface area contributed by atoms with Gasteiger partial charge in [-0.3, -0.25) is 4.90 Å². The molecule has 1 aliphatic heterocycles. The third-order valence-electron chi connectivity index (χ3n) is 4.38. The van der Waals surface area contributed by atoms with E-state index in [1.165, 1.54) is 4.90 Å². The summed E-state index contributed by atoms with van der Waals surface area (Å²) in [6.45, 7) is 8.51. The molecule has 1 fully saturated rings. The second kappa shape index (κ2) is 8.41. The maximum absolute atomic E-state index is 14.3. The summed E-state index contributed by atoms with van der Waals surface area (Å²) in [5.41, 5.74) is 0.992. The number of nitrogens with one attached hydrogen (secondary N) is 1. The van der Waals surface area contributed by atoms with E-state index in [9.17, 15) is 9.18 Å². The molecule has 8 heteroatoms. The fourth-order valence-corrected chi connectivity index (χ4v) is 2.92. The molecule has 0 aliphatic carbocycles. The summed E-state index contributed by atoms with van der Waals surface area (Å²) in [6.07, 6.45) is 0.581. The lowest BCUT2D eigenvalue weighted by atomic mass is 10.0. The van der Waals surface area contributed by atoms with Crippen LogP contribution in [0, 0.1) is 11.7 Å². The molecule has 28 heavy (non-hydrogen) atoms. The number of hydrogen-bond acceptors (Lipinski definition) is 6. The third-order valence-corrected chi connectivity index (χ3v) is 4.38. The number of aromatic nitrogens is 2. The molecule has 1 amide bonds. The van der Waals surface area contributed by atoms with E-state index in [4.69, 9.17) is 9.47 Å². The van der Waals surface area contributed by atoms with Crippen molar-refractivity contribution in [3.8, 4) is 5.75 Å². The SMILES string of the molecule is CC(C)Oc1ccc(CNc2ncc(F)c(N3C(=O)OCC3C(C)C)n2)cc1. The van der Waals surface area contributed by atoms with Gasteiger partial charge in [0.05, 0.1) is 18.3 Å². The zero-order valence-corrected chi connectivity index (χ0v) is 16.5. The lowest BCUT2D eigenvalue weighted by Gasteiger charge is -2.23. The number of halogens is 1. The normalized spacial score (nSPS) is 16.6. The summed E-state index contributed by atoms with van der Waals surface area (Å²) in [5.74, 6) is 0.404. The Bertz CT molecular complexity index is 827. The molecule has 7 nitrogen and oxygen atoms in total. The fraction of sp³-hybridized carbons (Fsp3) is 0.450. The highest BCUT2D eigenvalue weighted by Gasteiger charge is 2.38. The average molecular weight is 388 g/mol. The largest absolute Gasteiger partial charge is 0.491 e. The number of hydrogen-bond donors (Lipinski definition) is 1. The lowest BCUT2D eigenvalue weighted by Crippen LogP contribution is -2.38. The third kappa shape index (κ3) is 4.49. The van der Waals surface area contributed by atoms with Gasteiger partial charge in [-0.25, -0.2) is 14.2 Å². The Balaban J connectivity index is 1.72. The molecule has 0 saturated carbocycles. The summed E-state index contributed by atoms with van der Waals surface area (Å²) >= 11 is 0. The van der Waals surface area contributed by atoms with Crippen LogP contribution in [0.15, 0.2) is 30.5 Å². The Kier molecular flexibility index (Phi) is 5.96. The topological polar surface area (TPSA) is 76.6 Å². The van der Waals surface area contributed by atoms with Crippen molar-refractivity contribution in [2.24, 2.45) is 5.92 Å². The van der Waals surface area contributed by atoms with Crippen molar-refractivity contribution in [3.63, 3.8) is 0 Å². The zero-order chi connectivity index (χ0) is 20.3. The monoisotopic (exact) mass is 388 g/mol. The molecule has 0 radical (unpaired) electrons. The van der Waals surface area contributed by atoms with Gasteiger partial charge in [0.15, 0.2) is 11.6 Å². The van der Waals surface area contributed by atoms with Crippen molar-refractivity contribution >= 4 is 17.9 Å². The van der Waals surface area contributed by atoms with Crippen LogP contribution in [0.5, 0.6) is 5.75 Å². The second-order valence-electron chi connectivity index (χ2n) is 7.29. The number of carbonyl (C=O) groups is 1. The maximum atomic E-state index is 14.3. The van der Waals surface area contributed by atoms with Gasteiger partial charge < -0.3 is 14.8 Å². The Hall–Kier alpha value is -2.90. The summed E-state index contributed by atoms with van der Waals surface area (Å²) < 4.78 is 25.0. The Labute approximate surface area is 163 Å². The lowest BCUT2D eigenvalue weighted by molar-refractivity contribution is 0.177. The Morgan fingerprint density at radius 3 is 2.64 bits per heavy atom. The van der Waals surface area contributed by atoms with Gasteiger partial charge in [-0.15, -0.1) is 0 Å². The van der Waals surface area contributed by atoms with Gasteiger partial charge in [0, 0.05) is 6.54 Å². The van der Waals surface area contributed by atoms with Crippen molar-refractivity contribution in [1.29, 1.82) is 0 Å². The van der Waals surface area contributed by atoms with E-state index < -0.39 is 11.9 Å². The van der Waals surface area contributed by atoms with Gasteiger partial charge in [0.2, 0.25) is 5.95 Å². The molecule has 1 aromatic heterocycles. The van der Waals surface area contributed by atoms with Crippen LogP contribution in [-0.4, -0.2) is 34.8 Å². The highest BCUT2D eigenvalue weighted by molar-refractivity contribution is 5.89. The number of amides is 1. The van der Waals surface area contributed by atoms with Crippen LogP contribution in [0.1, 0.15) is 33.3 Å². The first-order valence-corrected chi connectivity index (χ1v) is 9.33. The minimum atomic E-state index is -0.662. The first-order valence-electron chi connectivity index (χ1n) is 9.33. The molecule has 1 aromatic carbocycles. The highest BCUT2D eigenvalue weighted by atomic mass is 19.1. The van der Waals surface area contributed by atoms with Crippen LogP contribution < -0.4 is 15.0 Å². The van der Waals surface area contributed by atoms with Crippen LogP contribution in [0.25, 0.3) is 0 Å². The van der Waals surface area contributed by atoms with Gasteiger partial charge in [-0.05, 0) is 37.5 Å². The molecule has 2 aromatic rings. The van der Waals surface area contributed by atoms with Gasteiger partial charge in [-0.2, -0.15) is 4.98 Å². The van der Waals surface area contributed by atoms with E-state index in [-0.39, 0.29) is 36.4 Å². The number of rotatable bonds is 7. The van der Waals surface area contributed by atoms with E-state index in [2.05, 4.69) is 15.3 Å². The molecular weight excluding hydrogens is 363 g/mol. The predicted octanol–water partition coefficient (Wildman–Crippen LogP) is 4.00. The number of ether oxygens (including phenoxy) is 2. The van der Waals surface area contributed by atoms with Crippen LogP contribution in [-0.2, 0) is 11.3 Å². The van der Waals surface area contributed by atoms with E-state index in [1.807, 2.05) is 52.0 Å². The van der Waals surface area contributed by atoms with Crippen LogP contribution in [0.3, 0.4) is 0 Å².